The molecule has 0 fully saturated rings. The summed E-state index contributed by atoms with van der Waals surface area (Å²) in [4.78, 5) is 14.7. The van der Waals surface area contributed by atoms with Crippen molar-refractivity contribution in [2.24, 2.45) is 0 Å². The molecule has 0 amide bonds. The van der Waals surface area contributed by atoms with Crippen molar-refractivity contribution < 1.29 is 18.7 Å². The van der Waals surface area contributed by atoms with Crippen LogP contribution in [0.3, 0.4) is 0 Å². The second-order valence-electron chi connectivity index (χ2n) is 3.96. The molecule has 0 aliphatic rings. The van der Waals surface area contributed by atoms with Crippen LogP contribution in [-0.2, 0) is 6.54 Å². The van der Waals surface area contributed by atoms with Gasteiger partial charge in [-0.2, -0.15) is 0 Å². The van der Waals surface area contributed by atoms with Crippen LogP contribution in [0.2, 0.25) is 5.15 Å². The lowest BCUT2D eigenvalue weighted by Gasteiger charge is -2.08. The van der Waals surface area contributed by atoms with E-state index >= 15 is 0 Å². The van der Waals surface area contributed by atoms with Crippen LogP contribution in [0.4, 0.5) is 14.6 Å². The van der Waals surface area contributed by atoms with Gasteiger partial charge < -0.3 is 10.4 Å². The molecule has 0 unspecified atom stereocenters. The van der Waals surface area contributed by atoms with E-state index in [-0.39, 0.29) is 28.6 Å². The molecule has 0 saturated heterocycles. The SMILES string of the molecule is O=C(O)c1cc(Cl)nc(NCc2cc(F)ccc2F)c1. The van der Waals surface area contributed by atoms with E-state index < -0.39 is 17.6 Å². The zero-order valence-electron chi connectivity index (χ0n) is 10.0. The summed E-state index contributed by atoms with van der Waals surface area (Å²) in [6.45, 7) is -0.0456. The number of aromatic nitrogens is 1. The molecule has 0 aliphatic carbocycles. The molecule has 1 heterocycles. The number of carboxylic acids is 1. The maximum Gasteiger partial charge on any atom is 0.335 e. The summed E-state index contributed by atoms with van der Waals surface area (Å²) in [5, 5.41) is 11.6. The minimum Gasteiger partial charge on any atom is -0.478 e. The van der Waals surface area contributed by atoms with Crippen LogP contribution >= 0.6 is 11.6 Å². The Morgan fingerprint density at radius 2 is 2.05 bits per heavy atom. The van der Waals surface area contributed by atoms with E-state index in [1.165, 1.54) is 12.1 Å². The second-order valence-corrected chi connectivity index (χ2v) is 4.35. The number of nitrogens with one attached hydrogen (secondary N) is 1. The topological polar surface area (TPSA) is 62.2 Å². The zero-order chi connectivity index (χ0) is 14.7. The van der Waals surface area contributed by atoms with Crippen LogP contribution in [0, 0.1) is 11.6 Å². The van der Waals surface area contributed by atoms with Crippen LogP contribution in [0.1, 0.15) is 15.9 Å². The van der Waals surface area contributed by atoms with Gasteiger partial charge in [0.1, 0.15) is 22.6 Å². The van der Waals surface area contributed by atoms with Crippen LogP contribution in [0.15, 0.2) is 30.3 Å². The van der Waals surface area contributed by atoms with Gasteiger partial charge in [-0.3, -0.25) is 0 Å². The number of carboxylic acid groups (broad SMARTS) is 1. The number of carbonyl (C=O) groups is 1. The molecular weight excluding hydrogens is 290 g/mol. The van der Waals surface area contributed by atoms with Crippen molar-refractivity contribution >= 4 is 23.4 Å². The first-order valence-corrected chi connectivity index (χ1v) is 5.92. The molecule has 0 spiro atoms. The van der Waals surface area contributed by atoms with E-state index in [0.29, 0.717) is 0 Å². The van der Waals surface area contributed by atoms with Gasteiger partial charge in [0.15, 0.2) is 0 Å². The average molecular weight is 299 g/mol. The fraction of sp³-hybridized carbons (Fsp3) is 0.0769. The predicted molar refractivity (Wildman–Crippen MR) is 69.9 cm³/mol. The highest BCUT2D eigenvalue weighted by molar-refractivity contribution is 6.29. The number of anilines is 1. The Balaban J connectivity index is 2.18. The maximum atomic E-state index is 13.4. The minimum atomic E-state index is -1.16. The summed E-state index contributed by atoms with van der Waals surface area (Å²) >= 11 is 5.68. The number of rotatable bonds is 4. The summed E-state index contributed by atoms with van der Waals surface area (Å²) in [5.41, 5.74) is 0.0517. The molecule has 0 saturated carbocycles. The second kappa shape index (κ2) is 5.83. The Labute approximate surface area is 118 Å². The lowest BCUT2D eigenvalue weighted by atomic mass is 10.2. The third-order valence-corrected chi connectivity index (χ3v) is 2.70. The Hall–Kier alpha value is -2.21. The van der Waals surface area contributed by atoms with Gasteiger partial charge in [0.2, 0.25) is 0 Å². The smallest absolute Gasteiger partial charge is 0.335 e. The fourth-order valence-electron chi connectivity index (χ4n) is 1.58. The first-order chi connectivity index (χ1) is 9.45. The van der Waals surface area contributed by atoms with E-state index in [2.05, 4.69) is 10.3 Å². The molecule has 7 heteroatoms. The van der Waals surface area contributed by atoms with Crippen molar-refractivity contribution in [3.05, 3.63) is 58.2 Å². The molecule has 2 aromatic rings. The largest absolute Gasteiger partial charge is 0.478 e. The van der Waals surface area contributed by atoms with Crippen molar-refractivity contribution in [3.8, 4) is 0 Å². The molecule has 4 nitrogen and oxygen atoms in total. The van der Waals surface area contributed by atoms with E-state index in [9.17, 15) is 13.6 Å². The summed E-state index contributed by atoms with van der Waals surface area (Å²) in [7, 11) is 0. The summed E-state index contributed by atoms with van der Waals surface area (Å²) < 4.78 is 26.4. The zero-order valence-corrected chi connectivity index (χ0v) is 10.8. The Kier molecular flexibility index (Phi) is 4.14. The lowest BCUT2D eigenvalue weighted by molar-refractivity contribution is 0.0697. The summed E-state index contributed by atoms with van der Waals surface area (Å²) in [6.07, 6.45) is 0. The molecule has 0 radical (unpaired) electrons. The maximum absolute atomic E-state index is 13.4. The number of benzene rings is 1. The number of hydrogen-bond acceptors (Lipinski definition) is 3. The first kappa shape index (κ1) is 14.2. The summed E-state index contributed by atoms with van der Waals surface area (Å²) in [5.74, 6) is -2.12. The quantitative estimate of drug-likeness (QED) is 0.850. The fourth-order valence-corrected chi connectivity index (χ4v) is 1.78. The highest BCUT2D eigenvalue weighted by atomic mass is 35.5. The van der Waals surface area contributed by atoms with Crippen LogP contribution in [0.5, 0.6) is 0 Å². The normalized spacial score (nSPS) is 10.3. The molecule has 2 rings (SSSR count). The molecule has 1 aromatic carbocycles. The predicted octanol–water partition coefficient (Wildman–Crippen LogP) is 3.32. The van der Waals surface area contributed by atoms with Gasteiger partial charge in [-0.1, -0.05) is 11.6 Å². The van der Waals surface area contributed by atoms with Gasteiger partial charge >= 0.3 is 5.97 Å². The van der Waals surface area contributed by atoms with Gasteiger partial charge in [-0.15, -0.1) is 0 Å². The number of pyridine rings is 1. The molecule has 0 aliphatic heterocycles. The van der Waals surface area contributed by atoms with Gasteiger partial charge in [0.25, 0.3) is 0 Å². The number of nitrogens with zero attached hydrogens (tertiary/aromatic N) is 1. The van der Waals surface area contributed by atoms with Gasteiger partial charge in [0.05, 0.1) is 5.56 Å². The van der Waals surface area contributed by atoms with E-state index in [4.69, 9.17) is 16.7 Å². The number of hydrogen-bond donors (Lipinski definition) is 2. The van der Waals surface area contributed by atoms with Crippen LogP contribution < -0.4 is 5.32 Å². The van der Waals surface area contributed by atoms with Crippen molar-refractivity contribution in [1.29, 1.82) is 0 Å². The van der Waals surface area contributed by atoms with Crippen molar-refractivity contribution in [3.63, 3.8) is 0 Å². The van der Waals surface area contributed by atoms with Gasteiger partial charge in [-0.25, -0.2) is 18.6 Å². The van der Waals surface area contributed by atoms with E-state index in [1.807, 2.05) is 0 Å². The highest BCUT2D eigenvalue weighted by Gasteiger charge is 2.09. The van der Waals surface area contributed by atoms with Gasteiger partial charge in [0, 0.05) is 12.1 Å². The third kappa shape index (κ3) is 3.42. The number of aromatic carboxylic acids is 1. The first-order valence-electron chi connectivity index (χ1n) is 5.54. The third-order valence-electron chi connectivity index (χ3n) is 2.51. The molecular formula is C13H9ClF2N2O2. The van der Waals surface area contributed by atoms with Crippen molar-refractivity contribution in [2.45, 2.75) is 6.54 Å². The van der Waals surface area contributed by atoms with Crippen LogP contribution in [0.25, 0.3) is 0 Å². The molecule has 1 aromatic heterocycles. The van der Waals surface area contributed by atoms with Crippen LogP contribution in [-0.4, -0.2) is 16.1 Å². The lowest BCUT2D eigenvalue weighted by Crippen LogP contribution is -2.06. The molecule has 20 heavy (non-hydrogen) atoms. The summed E-state index contributed by atoms with van der Waals surface area (Å²) in [6, 6.07) is 5.52. The standard InChI is InChI=1S/C13H9ClF2N2O2/c14-11-4-7(13(19)20)5-12(18-11)17-6-8-3-9(15)1-2-10(8)16/h1-5H,6H2,(H,17,18)(H,19,20). The number of halogens is 3. The highest BCUT2D eigenvalue weighted by Crippen LogP contribution is 2.16. The minimum absolute atomic E-state index is 0.00730. The Bertz CT molecular complexity index is 665. The Morgan fingerprint density at radius 1 is 1.30 bits per heavy atom. The van der Waals surface area contributed by atoms with Crippen molar-refractivity contribution in [2.75, 3.05) is 5.32 Å². The monoisotopic (exact) mass is 298 g/mol. The van der Waals surface area contributed by atoms with E-state index in [0.717, 1.165) is 18.2 Å². The van der Waals surface area contributed by atoms with Gasteiger partial charge in [-0.05, 0) is 30.3 Å². The van der Waals surface area contributed by atoms with E-state index in [1.54, 1.807) is 0 Å². The molecule has 0 atom stereocenters. The average Bonchev–Trinajstić information content (AvgIpc) is 2.39. The Morgan fingerprint density at radius 3 is 2.75 bits per heavy atom. The van der Waals surface area contributed by atoms with Crippen molar-refractivity contribution in [1.82, 2.24) is 4.98 Å². The molecule has 2 N–H and O–H groups in total. The molecule has 0 bridgehead atoms. The molecule has 104 valence electrons.